The summed E-state index contributed by atoms with van der Waals surface area (Å²) in [7, 11) is 1.99. The van der Waals surface area contributed by atoms with E-state index in [1.807, 2.05) is 32.5 Å². The lowest BCUT2D eigenvalue weighted by molar-refractivity contribution is 0.897. The predicted molar refractivity (Wildman–Crippen MR) is 83.8 cm³/mol. The van der Waals surface area contributed by atoms with Crippen molar-refractivity contribution in [2.24, 2.45) is 5.73 Å². The maximum absolute atomic E-state index is 5.81. The van der Waals surface area contributed by atoms with Crippen molar-refractivity contribution in [1.82, 2.24) is 9.97 Å². The number of nitrogens with two attached hydrogens (primary N) is 1. The lowest BCUT2D eigenvalue weighted by atomic mass is 10.1. The zero-order valence-corrected chi connectivity index (χ0v) is 12.8. The van der Waals surface area contributed by atoms with Crippen LogP contribution in [0.1, 0.15) is 21.7 Å². The summed E-state index contributed by atoms with van der Waals surface area (Å²) < 4.78 is 0. The second-order valence-corrected chi connectivity index (χ2v) is 5.79. The van der Waals surface area contributed by atoms with E-state index < -0.39 is 0 Å². The molecule has 2 rings (SSSR count). The molecule has 0 atom stereocenters. The number of thiazole rings is 1. The number of pyridine rings is 1. The first-order valence-corrected chi connectivity index (χ1v) is 7.15. The van der Waals surface area contributed by atoms with Crippen molar-refractivity contribution in [3.05, 3.63) is 39.5 Å². The van der Waals surface area contributed by atoms with Crippen LogP contribution in [0, 0.1) is 13.8 Å². The molecule has 0 bridgehead atoms. The Balaban J connectivity index is 2.34. The monoisotopic (exact) mass is 292 g/mol. The van der Waals surface area contributed by atoms with Gasteiger partial charge in [-0.2, -0.15) is 0 Å². The van der Waals surface area contributed by atoms with Gasteiger partial charge in [0.2, 0.25) is 0 Å². The van der Waals surface area contributed by atoms with Gasteiger partial charge in [-0.25, -0.2) is 9.97 Å². The van der Waals surface area contributed by atoms with Gasteiger partial charge in [0.15, 0.2) is 0 Å². The Morgan fingerprint density at radius 1 is 1.42 bits per heavy atom. The zero-order valence-electron chi connectivity index (χ0n) is 11.2. The second-order valence-electron chi connectivity index (χ2n) is 4.41. The van der Waals surface area contributed by atoms with Crippen molar-refractivity contribution in [3.8, 4) is 0 Å². The van der Waals surface area contributed by atoms with E-state index >= 15 is 0 Å². The average molecular weight is 292 g/mol. The van der Waals surface area contributed by atoms with E-state index in [0.717, 1.165) is 29.2 Å². The van der Waals surface area contributed by atoms with Crippen molar-refractivity contribution >= 4 is 34.4 Å². The number of aromatic nitrogens is 2. The molecule has 2 aromatic heterocycles. The number of nitrogens with zero attached hydrogens (tertiary/aromatic N) is 3. The Hall–Kier alpha value is -1.53. The van der Waals surface area contributed by atoms with Crippen LogP contribution < -0.4 is 10.6 Å². The fraction of sp³-hybridized carbons (Fsp3) is 0.308. The smallest absolute Gasteiger partial charge is 0.139 e. The molecule has 0 aromatic carbocycles. The van der Waals surface area contributed by atoms with Crippen LogP contribution in [0.25, 0.3) is 0 Å². The SMILES string of the molecule is Cc1ccnc(N(C)Cc2scnc2C)c1C(N)=S. The largest absolute Gasteiger partial charge is 0.389 e. The summed E-state index contributed by atoms with van der Waals surface area (Å²) in [6.45, 7) is 4.76. The normalized spacial score (nSPS) is 10.5. The number of aryl methyl sites for hydroxylation is 2. The van der Waals surface area contributed by atoms with Crippen molar-refractivity contribution in [3.63, 3.8) is 0 Å². The molecule has 0 radical (unpaired) electrons. The fourth-order valence-corrected chi connectivity index (χ4v) is 2.99. The van der Waals surface area contributed by atoms with Crippen LogP contribution in [0.2, 0.25) is 0 Å². The second kappa shape index (κ2) is 5.63. The Morgan fingerprint density at radius 3 is 2.74 bits per heavy atom. The molecule has 0 amide bonds. The van der Waals surface area contributed by atoms with Gasteiger partial charge in [0, 0.05) is 18.1 Å². The van der Waals surface area contributed by atoms with Gasteiger partial charge in [-0.05, 0) is 25.5 Å². The van der Waals surface area contributed by atoms with Crippen molar-refractivity contribution < 1.29 is 0 Å². The molecule has 6 heteroatoms. The van der Waals surface area contributed by atoms with Crippen molar-refractivity contribution in [2.45, 2.75) is 20.4 Å². The molecule has 2 aromatic rings. The van der Waals surface area contributed by atoms with E-state index in [9.17, 15) is 0 Å². The van der Waals surface area contributed by atoms with Crippen molar-refractivity contribution in [2.75, 3.05) is 11.9 Å². The lowest BCUT2D eigenvalue weighted by Crippen LogP contribution is -2.23. The van der Waals surface area contributed by atoms with Gasteiger partial charge in [-0.3, -0.25) is 0 Å². The van der Waals surface area contributed by atoms with Gasteiger partial charge in [0.25, 0.3) is 0 Å². The van der Waals surface area contributed by atoms with Gasteiger partial charge in [0.1, 0.15) is 10.8 Å². The fourth-order valence-electron chi connectivity index (χ4n) is 1.91. The van der Waals surface area contributed by atoms with E-state index in [1.165, 1.54) is 4.88 Å². The third-order valence-corrected chi connectivity index (χ3v) is 4.10. The highest BCUT2D eigenvalue weighted by atomic mass is 32.1. The van der Waals surface area contributed by atoms with Crippen LogP contribution >= 0.6 is 23.6 Å². The van der Waals surface area contributed by atoms with Gasteiger partial charge in [-0.1, -0.05) is 12.2 Å². The minimum Gasteiger partial charge on any atom is -0.389 e. The molecule has 100 valence electrons. The maximum atomic E-state index is 5.81. The molecule has 19 heavy (non-hydrogen) atoms. The van der Waals surface area contributed by atoms with E-state index in [0.29, 0.717) is 4.99 Å². The van der Waals surface area contributed by atoms with E-state index in [4.69, 9.17) is 18.0 Å². The molecule has 0 saturated carbocycles. The Kier molecular flexibility index (Phi) is 4.11. The van der Waals surface area contributed by atoms with Crippen LogP contribution in [0.5, 0.6) is 0 Å². The van der Waals surface area contributed by atoms with Crippen LogP contribution in [0.3, 0.4) is 0 Å². The summed E-state index contributed by atoms with van der Waals surface area (Å²) in [6.07, 6.45) is 1.78. The highest BCUT2D eigenvalue weighted by Gasteiger charge is 2.15. The van der Waals surface area contributed by atoms with Crippen LogP contribution in [-0.2, 0) is 6.54 Å². The Bertz CT molecular complexity index is 606. The first-order valence-electron chi connectivity index (χ1n) is 5.86. The summed E-state index contributed by atoms with van der Waals surface area (Å²) in [4.78, 5) is 12.3. The quantitative estimate of drug-likeness (QED) is 0.877. The molecular weight excluding hydrogens is 276 g/mol. The molecule has 0 aliphatic heterocycles. The zero-order chi connectivity index (χ0) is 14.0. The molecule has 0 saturated heterocycles. The van der Waals surface area contributed by atoms with Crippen molar-refractivity contribution in [1.29, 1.82) is 0 Å². The lowest BCUT2D eigenvalue weighted by Gasteiger charge is -2.21. The standard InChI is InChI=1S/C13H16N4S2/c1-8-4-5-15-13(11(8)12(14)18)17(3)6-10-9(2)16-7-19-10/h4-5,7H,6H2,1-3H3,(H2,14,18). The molecule has 0 aliphatic rings. The average Bonchev–Trinajstić information content (AvgIpc) is 2.74. The molecule has 0 aliphatic carbocycles. The Labute approximate surface area is 122 Å². The number of thiocarbonyl (C=S) groups is 1. The molecule has 2 N–H and O–H groups in total. The number of rotatable bonds is 4. The number of hydrogen-bond acceptors (Lipinski definition) is 5. The molecule has 2 heterocycles. The number of anilines is 1. The first kappa shape index (κ1) is 13.9. The number of hydrogen-bond donors (Lipinski definition) is 1. The van der Waals surface area contributed by atoms with Gasteiger partial charge >= 0.3 is 0 Å². The summed E-state index contributed by atoms with van der Waals surface area (Å²) >= 11 is 6.78. The molecule has 0 fully saturated rings. The van der Waals surface area contributed by atoms with Gasteiger partial charge < -0.3 is 10.6 Å². The van der Waals surface area contributed by atoms with Gasteiger partial charge in [0.05, 0.1) is 23.3 Å². The predicted octanol–water partition coefficient (Wildman–Crippen LogP) is 2.43. The van der Waals surface area contributed by atoms with E-state index in [2.05, 4.69) is 14.9 Å². The maximum Gasteiger partial charge on any atom is 0.139 e. The Morgan fingerprint density at radius 2 is 2.16 bits per heavy atom. The third kappa shape index (κ3) is 2.90. The molecule has 0 unspecified atom stereocenters. The summed E-state index contributed by atoms with van der Waals surface area (Å²) in [6, 6.07) is 1.92. The first-order chi connectivity index (χ1) is 9.00. The van der Waals surface area contributed by atoms with Crippen LogP contribution in [0.15, 0.2) is 17.8 Å². The van der Waals surface area contributed by atoms with E-state index in [-0.39, 0.29) is 0 Å². The highest BCUT2D eigenvalue weighted by molar-refractivity contribution is 7.80. The summed E-state index contributed by atoms with van der Waals surface area (Å²) in [5.74, 6) is 0.820. The topological polar surface area (TPSA) is 55.0 Å². The summed E-state index contributed by atoms with van der Waals surface area (Å²) in [5, 5.41) is 0. The minimum absolute atomic E-state index is 0.383. The third-order valence-electron chi connectivity index (χ3n) is 2.97. The van der Waals surface area contributed by atoms with Gasteiger partial charge in [-0.15, -0.1) is 11.3 Å². The van der Waals surface area contributed by atoms with E-state index in [1.54, 1.807) is 17.5 Å². The van der Waals surface area contributed by atoms with Crippen LogP contribution in [0.4, 0.5) is 5.82 Å². The minimum atomic E-state index is 0.383. The highest BCUT2D eigenvalue weighted by Crippen LogP contribution is 2.23. The summed E-state index contributed by atoms with van der Waals surface area (Å²) in [5.41, 5.74) is 10.6. The molecule has 4 nitrogen and oxygen atoms in total. The molecular formula is C13H16N4S2. The van der Waals surface area contributed by atoms with Crippen LogP contribution in [-0.4, -0.2) is 22.0 Å². The molecule has 0 spiro atoms.